The monoisotopic (exact) mass is 295 g/mol. The van der Waals surface area contributed by atoms with Gasteiger partial charge in [0.15, 0.2) is 11.5 Å². The first kappa shape index (κ1) is 13.9. The van der Waals surface area contributed by atoms with Crippen LogP contribution in [-0.2, 0) is 6.54 Å². The van der Waals surface area contributed by atoms with Crippen LogP contribution in [0.4, 0.5) is 0 Å². The lowest BCUT2D eigenvalue weighted by Crippen LogP contribution is -2.29. The van der Waals surface area contributed by atoms with Crippen LogP contribution in [0.2, 0.25) is 0 Å². The predicted molar refractivity (Wildman–Crippen MR) is 80.7 cm³/mol. The first-order chi connectivity index (χ1) is 10.5. The van der Waals surface area contributed by atoms with Crippen molar-refractivity contribution >= 4 is 11.0 Å². The normalized spacial score (nSPS) is 11.0. The van der Waals surface area contributed by atoms with Crippen molar-refractivity contribution in [1.82, 2.24) is 19.5 Å². The van der Waals surface area contributed by atoms with E-state index in [1.165, 1.54) is 0 Å². The van der Waals surface area contributed by atoms with E-state index in [1.54, 1.807) is 4.57 Å². The van der Waals surface area contributed by atoms with Gasteiger partial charge in [-0.25, -0.2) is 9.78 Å². The molecule has 0 aromatic heterocycles. The lowest BCUT2D eigenvalue weighted by atomic mass is 10.1. The van der Waals surface area contributed by atoms with E-state index in [2.05, 4.69) is 21.0 Å². The number of aromatic nitrogens is 4. The van der Waals surface area contributed by atoms with Gasteiger partial charge in [-0.2, -0.15) is 10.2 Å². The topological polar surface area (TPSA) is 104 Å². The van der Waals surface area contributed by atoms with E-state index in [-0.39, 0.29) is 17.9 Å². The molecule has 0 fully saturated rings. The predicted octanol–water partition coefficient (Wildman–Crippen LogP) is 1.12. The first-order valence-corrected chi connectivity index (χ1v) is 6.80. The van der Waals surface area contributed by atoms with Crippen LogP contribution in [0.1, 0.15) is 17.5 Å². The average Bonchev–Trinajstić information content (AvgIpc) is 2.46. The highest BCUT2D eigenvalue weighted by Gasteiger charge is 2.18. The maximum absolute atomic E-state index is 12.0. The molecule has 2 aliphatic heterocycles. The molecule has 7 heteroatoms. The summed E-state index contributed by atoms with van der Waals surface area (Å²) in [7, 11) is 0. The zero-order valence-corrected chi connectivity index (χ0v) is 12.2. The van der Waals surface area contributed by atoms with Crippen LogP contribution in [0.3, 0.4) is 0 Å². The number of H-pyrrole nitrogens is 1. The number of nitrogens with one attached hydrogen (secondary N) is 1. The summed E-state index contributed by atoms with van der Waals surface area (Å²) in [4.78, 5) is 33.8. The zero-order chi connectivity index (χ0) is 15.9. The molecule has 0 saturated heterocycles. The molecule has 0 radical (unpaired) electrons. The molecule has 22 heavy (non-hydrogen) atoms. The molecular weight excluding hydrogens is 282 g/mol. The van der Waals surface area contributed by atoms with Crippen LogP contribution in [0.5, 0.6) is 0 Å². The van der Waals surface area contributed by atoms with Gasteiger partial charge >= 0.3 is 5.69 Å². The van der Waals surface area contributed by atoms with Crippen molar-refractivity contribution in [3.8, 4) is 17.6 Å². The summed E-state index contributed by atoms with van der Waals surface area (Å²) in [6, 6.07) is 5.89. The second-order valence-corrected chi connectivity index (χ2v) is 5.14. The second kappa shape index (κ2) is 5.07. The number of fused-ring (bicyclic) bond motifs is 2. The molecule has 0 spiro atoms. The molecule has 1 N–H and O–H groups in total. The van der Waals surface area contributed by atoms with Crippen LogP contribution in [0.25, 0.3) is 22.6 Å². The number of rotatable bonds is 2. The Labute approximate surface area is 125 Å². The van der Waals surface area contributed by atoms with Gasteiger partial charge in [-0.1, -0.05) is 0 Å². The highest BCUT2D eigenvalue weighted by atomic mass is 16.2. The molecule has 0 atom stereocenters. The van der Waals surface area contributed by atoms with E-state index in [9.17, 15) is 9.59 Å². The molecule has 0 amide bonds. The Hall–Kier alpha value is -3.01. The lowest BCUT2D eigenvalue weighted by molar-refractivity contribution is 0.718. The number of hydrogen-bond donors (Lipinski definition) is 1. The molecule has 0 aliphatic carbocycles. The third-order valence-electron chi connectivity index (χ3n) is 3.67. The fourth-order valence-electron chi connectivity index (χ4n) is 2.44. The third kappa shape index (κ3) is 2.15. The van der Waals surface area contributed by atoms with Gasteiger partial charge < -0.3 is 4.57 Å². The summed E-state index contributed by atoms with van der Waals surface area (Å²) < 4.78 is 1.71. The van der Waals surface area contributed by atoms with E-state index in [1.807, 2.05) is 26.0 Å². The van der Waals surface area contributed by atoms with Crippen LogP contribution in [-0.4, -0.2) is 19.5 Å². The Morgan fingerprint density at radius 2 is 1.95 bits per heavy atom. The minimum Gasteiger partial charge on any atom is -0.321 e. The number of nitriles is 1. The van der Waals surface area contributed by atoms with Gasteiger partial charge in [-0.15, -0.1) is 0 Å². The van der Waals surface area contributed by atoms with Crippen molar-refractivity contribution in [3.05, 3.63) is 44.1 Å². The van der Waals surface area contributed by atoms with E-state index < -0.39 is 11.2 Å². The van der Waals surface area contributed by atoms with Crippen molar-refractivity contribution in [2.24, 2.45) is 0 Å². The van der Waals surface area contributed by atoms with Crippen LogP contribution in [0, 0.1) is 25.2 Å². The van der Waals surface area contributed by atoms with Gasteiger partial charge in [-0.05, 0) is 37.1 Å². The number of hydrogen-bond acceptors (Lipinski definition) is 5. The van der Waals surface area contributed by atoms with Crippen molar-refractivity contribution in [3.63, 3.8) is 0 Å². The average molecular weight is 295 g/mol. The number of aryl methyl sites for hydroxylation is 3. The van der Waals surface area contributed by atoms with Crippen molar-refractivity contribution in [1.29, 1.82) is 5.26 Å². The molecule has 7 nitrogen and oxygen atoms in total. The molecule has 1 aromatic carbocycles. The molecule has 0 saturated carbocycles. The van der Waals surface area contributed by atoms with Crippen molar-refractivity contribution in [2.75, 3.05) is 0 Å². The molecule has 0 unspecified atom stereocenters. The summed E-state index contributed by atoms with van der Waals surface area (Å²) >= 11 is 0. The van der Waals surface area contributed by atoms with Gasteiger partial charge in [0.2, 0.25) is 0 Å². The quantitative estimate of drug-likeness (QED) is 0.713. The molecule has 110 valence electrons. The standard InChI is InChI=1S/C15H13N5O2/c1-8-6-10-11(7-9(8)2)20(5-3-4-16)13-12(17-10)14(21)19-15(22)18-13/h6-7H,3,5H2,1-2H3,(H,19,21,22). The minimum atomic E-state index is -0.715. The SMILES string of the molecule is Cc1cc2nc3c(=O)[nH]c(=O)nc-3n(CCC#N)c2cc1C. The van der Waals surface area contributed by atoms with Crippen LogP contribution < -0.4 is 11.2 Å². The smallest absolute Gasteiger partial charge is 0.321 e. The zero-order valence-electron chi connectivity index (χ0n) is 12.2. The van der Waals surface area contributed by atoms with Crippen LogP contribution >= 0.6 is 0 Å². The summed E-state index contributed by atoms with van der Waals surface area (Å²) in [6.07, 6.45) is 0.245. The van der Waals surface area contributed by atoms with E-state index in [0.29, 0.717) is 12.1 Å². The molecule has 1 aromatic rings. The van der Waals surface area contributed by atoms with Gasteiger partial charge in [0.25, 0.3) is 5.56 Å². The number of nitrogens with zero attached hydrogens (tertiary/aromatic N) is 4. The van der Waals surface area contributed by atoms with Gasteiger partial charge in [0.1, 0.15) is 0 Å². The minimum absolute atomic E-state index is 0.105. The Bertz CT molecular complexity index is 1010. The number of benzene rings is 1. The summed E-state index contributed by atoms with van der Waals surface area (Å²) in [6.45, 7) is 4.27. The lowest BCUT2D eigenvalue weighted by Gasteiger charge is -2.16. The summed E-state index contributed by atoms with van der Waals surface area (Å²) in [5, 5.41) is 8.85. The van der Waals surface area contributed by atoms with E-state index in [0.717, 1.165) is 16.6 Å². The second-order valence-electron chi connectivity index (χ2n) is 5.14. The van der Waals surface area contributed by atoms with Crippen molar-refractivity contribution < 1.29 is 0 Å². The maximum atomic E-state index is 12.0. The Morgan fingerprint density at radius 1 is 1.23 bits per heavy atom. The highest BCUT2D eigenvalue weighted by molar-refractivity contribution is 5.81. The van der Waals surface area contributed by atoms with E-state index >= 15 is 0 Å². The maximum Gasteiger partial charge on any atom is 0.349 e. The molecular formula is C15H13N5O2. The van der Waals surface area contributed by atoms with E-state index in [4.69, 9.17) is 5.26 Å². The van der Waals surface area contributed by atoms with Crippen LogP contribution in [0.15, 0.2) is 21.7 Å². The summed E-state index contributed by atoms with van der Waals surface area (Å²) in [5.74, 6) is 0.208. The largest absolute Gasteiger partial charge is 0.349 e. The van der Waals surface area contributed by atoms with Gasteiger partial charge in [0, 0.05) is 6.54 Å². The molecule has 3 rings (SSSR count). The molecule has 2 heterocycles. The fourth-order valence-corrected chi connectivity index (χ4v) is 2.44. The Morgan fingerprint density at radius 3 is 2.68 bits per heavy atom. The van der Waals surface area contributed by atoms with Gasteiger partial charge in [0.05, 0.1) is 23.5 Å². The highest BCUT2D eigenvalue weighted by Crippen LogP contribution is 2.23. The Kier molecular flexibility index (Phi) is 3.22. The van der Waals surface area contributed by atoms with Crippen molar-refractivity contribution in [2.45, 2.75) is 26.8 Å². The van der Waals surface area contributed by atoms with Gasteiger partial charge in [-0.3, -0.25) is 9.78 Å². The molecule has 2 aliphatic rings. The molecule has 0 bridgehead atoms. The third-order valence-corrected chi connectivity index (χ3v) is 3.67. The first-order valence-electron chi connectivity index (χ1n) is 6.80. The fraction of sp³-hybridized carbons (Fsp3) is 0.267. The summed E-state index contributed by atoms with van der Waals surface area (Å²) in [5.41, 5.74) is 2.33. The number of aromatic amines is 1. The Balaban J connectivity index is 2.50.